The number of benzene rings is 3. The minimum Gasteiger partial charge on any atom is -0.508 e. The minimum atomic E-state index is -0.708. The van der Waals surface area contributed by atoms with Gasteiger partial charge in [0.25, 0.3) is 5.91 Å². The molecule has 0 aliphatic carbocycles. The third-order valence-corrected chi connectivity index (χ3v) is 7.05. The number of hydrogen-bond donors (Lipinski definition) is 4. The van der Waals surface area contributed by atoms with Gasteiger partial charge in [-0.05, 0) is 60.9 Å². The number of methoxy groups -OCH3 is 2. The van der Waals surface area contributed by atoms with Crippen molar-refractivity contribution in [2.75, 3.05) is 20.8 Å². The van der Waals surface area contributed by atoms with E-state index >= 15 is 0 Å². The Bertz CT molecular complexity index is 1400. The molecule has 2 amide bonds. The van der Waals surface area contributed by atoms with Crippen LogP contribution in [0.25, 0.3) is 10.9 Å². The fourth-order valence-corrected chi connectivity index (χ4v) is 4.94. The first-order chi connectivity index (χ1) is 19.3. The van der Waals surface area contributed by atoms with E-state index in [0.29, 0.717) is 29.2 Å². The second kappa shape index (κ2) is 13.1. The fraction of sp³-hybridized carbons (Fsp3) is 0.312. The van der Waals surface area contributed by atoms with Crippen LogP contribution in [0.1, 0.15) is 65.3 Å². The lowest BCUT2D eigenvalue weighted by molar-refractivity contribution is -0.123. The Kier molecular flexibility index (Phi) is 9.32. The van der Waals surface area contributed by atoms with E-state index in [9.17, 15) is 14.7 Å². The van der Waals surface area contributed by atoms with Gasteiger partial charge in [-0.15, -0.1) is 0 Å². The number of unbranched alkanes of at least 4 members (excludes halogenated alkanes) is 1. The van der Waals surface area contributed by atoms with Gasteiger partial charge in [-0.1, -0.05) is 50.1 Å². The zero-order chi connectivity index (χ0) is 28.6. The number of hydrogen-bond acceptors (Lipinski definition) is 5. The van der Waals surface area contributed by atoms with E-state index in [1.807, 2.05) is 43.3 Å². The van der Waals surface area contributed by atoms with E-state index in [1.165, 1.54) is 12.1 Å². The molecule has 0 spiro atoms. The van der Waals surface area contributed by atoms with Gasteiger partial charge in [0.15, 0.2) is 0 Å². The van der Waals surface area contributed by atoms with Gasteiger partial charge in [-0.25, -0.2) is 0 Å². The average Bonchev–Trinajstić information content (AvgIpc) is 3.40. The Morgan fingerprint density at radius 1 is 0.975 bits per heavy atom. The SMILES string of the molecule is CCCCC(NC(=O)[C@@H](CNC(=O)c1cc2ccccc2[nH]1)c1ccc(O)cc1)c1c(OC)cc(C)cc1OC. The normalized spacial score (nSPS) is 12.5. The maximum Gasteiger partial charge on any atom is 0.267 e. The summed E-state index contributed by atoms with van der Waals surface area (Å²) in [5, 5.41) is 16.9. The monoisotopic (exact) mass is 543 g/mol. The summed E-state index contributed by atoms with van der Waals surface area (Å²) in [6.07, 6.45) is 2.51. The van der Waals surface area contributed by atoms with Crippen molar-refractivity contribution in [3.05, 3.63) is 89.1 Å². The Hall–Kier alpha value is -4.46. The summed E-state index contributed by atoms with van der Waals surface area (Å²) in [6.45, 7) is 4.12. The van der Waals surface area contributed by atoms with Crippen LogP contribution in [0, 0.1) is 6.92 Å². The first-order valence-corrected chi connectivity index (χ1v) is 13.5. The number of aromatic nitrogens is 1. The molecule has 4 N–H and O–H groups in total. The molecular formula is C32H37N3O5. The number of para-hydroxylation sites is 1. The Labute approximate surface area is 234 Å². The smallest absolute Gasteiger partial charge is 0.267 e. The van der Waals surface area contributed by atoms with Gasteiger partial charge >= 0.3 is 0 Å². The molecule has 0 radical (unpaired) electrons. The molecule has 0 aliphatic heterocycles. The van der Waals surface area contributed by atoms with E-state index in [0.717, 1.165) is 34.9 Å². The lowest BCUT2D eigenvalue weighted by atomic mass is 9.94. The number of carbonyl (C=O) groups is 2. The predicted octanol–water partition coefficient (Wildman–Crippen LogP) is 5.76. The molecule has 4 aromatic rings. The molecule has 1 unspecified atom stereocenters. The van der Waals surface area contributed by atoms with Crippen LogP contribution < -0.4 is 20.1 Å². The number of phenols is 1. The van der Waals surface area contributed by atoms with Crippen molar-refractivity contribution in [1.29, 1.82) is 0 Å². The number of rotatable bonds is 12. The number of nitrogens with one attached hydrogen (secondary N) is 3. The standard InChI is InChI=1S/C32H37N3O5/c1-5-6-10-26(30-28(39-3)16-20(2)17-29(30)40-4)35-31(37)24(21-12-14-23(36)15-13-21)19-33-32(38)27-18-22-9-7-8-11-25(22)34-27/h7-9,11-18,24,26,34,36H,5-6,10,19H2,1-4H3,(H,33,38)(H,35,37)/t24-,26?/m0/s1. The number of aryl methyl sites for hydroxylation is 1. The average molecular weight is 544 g/mol. The zero-order valence-corrected chi connectivity index (χ0v) is 23.4. The molecule has 0 saturated heterocycles. The van der Waals surface area contributed by atoms with Crippen molar-refractivity contribution in [2.24, 2.45) is 0 Å². The van der Waals surface area contributed by atoms with Crippen molar-refractivity contribution in [1.82, 2.24) is 15.6 Å². The summed E-state index contributed by atoms with van der Waals surface area (Å²) in [6, 6.07) is 19.4. The number of phenolic OH excluding ortho intramolecular Hbond substituents is 1. The summed E-state index contributed by atoms with van der Waals surface area (Å²) in [7, 11) is 3.21. The van der Waals surface area contributed by atoms with Crippen LogP contribution in [-0.2, 0) is 4.79 Å². The Balaban J connectivity index is 1.61. The highest BCUT2D eigenvalue weighted by molar-refractivity contribution is 5.98. The topological polar surface area (TPSA) is 113 Å². The number of carbonyl (C=O) groups excluding carboxylic acids is 2. The quantitative estimate of drug-likeness (QED) is 0.181. The van der Waals surface area contributed by atoms with Crippen molar-refractivity contribution in [3.8, 4) is 17.2 Å². The van der Waals surface area contributed by atoms with Crippen molar-refractivity contribution < 1.29 is 24.2 Å². The zero-order valence-electron chi connectivity index (χ0n) is 23.4. The van der Waals surface area contributed by atoms with Crippen LogP contribution in [0.4, 0.5) is 0 Å². The number of aromatic amines is 1. The van der Waals surface area contributed by atoms with Crippen LogP contribution in [-0.4, -0.2) is 42.7 Å². The van der Waals surface area contributed by atoms with Gasteiger partial charge in [0, 0.05) is 17.4 Å². The molecule has 0 saturated carbocycles. The Morgan fingerprint density at radius 3 is 2.27 bits per heavy atom. The van der Waals surface area contributed by atoms with E-state index < -0.39 is 5.92 Å². The molecule has 0 bridgehead atoms. The summed E-state index contributed by atoms with van der Waals surface area (Å²) < 4.78 is 11.4. The van der Waals surface area contributed by atoms with E-state index in [2.05, 4.69) is 22.5 Å². The first-order valence-electron chi connectivity index (χ1n) is 13.5. The van der Waals surface area contributed by atoms with Gasteiger partial charge in [-0.2, -0.15) is 0 Å². The molecular weight excluding hydrogens is 506 g/mol. The van der Waals surface area contributed by atoms with Gasteiger partial charge in [0.2, 0.25) is 5.91 Å². The number of ether oxygens (including phenoxy) is 2. The third kappa shape index (κ3) is 6.57. The lowest BCUT2D eigenvalue weighted by Gasteiger charge is -2.26. The fourth-order valence-electron chi connectivity index (χ4n) is 4.94. The molecule has 40 heavy (non-hydrogen) atoms. The van der Waals surface area contributed by atoms with Crippen LogP contribution in [0.2, 0.25) is 0 Å². The summed E-state index contributed by atoms with van der Waals surface area (Å²) in [4.78, 5) is 30.1. The predicted molar refractivity (Wildman–Crippen MR) is 156 cm³/mol. The molecule has 0 fully saturated rings. The van der Waals surface area contributed by atoms with Crippen LogP contribution in [0.3, 0.4) is 0 Å². The van der Waals surface area contributed by atoms with Gasteiger partial charge in [0.05, 0.1) is 31.7 Å². The summed E-state index contributed by atoms with van der Waals surface area (Å²) >= 11 is 0. The minimum absolute atomic E-state index is 0.0630. The van der Waals surface area contributed by atoms with E-state index in [-0.39, 0.29) is 30.2 Å². The highest BCUT2D eigenvalue weighted by Gasteiger charge is 2.28. The van der Waals surface area contributed by atoms with Crippen LogP contribution in [0.5, 0.6) is 17.2 Å². The van der Waals surface area contributed by atoms with Crippen LogP contribution in [0.15, 0.2) is 66.7 Å². The van der Waals surface area contributed by atoms with E-state index in [1.54, 1.807) is 32.4 Å². The van der Waals surface area contributed by atoms with Crippen molar-refractivity contribution >= 4 is 22.7 Å². The van der Waals surface area contributed by atoms with Crippen LogP contribution >= 0.6 is 0 Å². The molecule has 3 aromatic carbocycles. The number of amides is 2. The first kappa shape index (κ1) is 28.5. The summed E-state index contributed by atoms with van der Waals surface area (Å²) in [5.41, 5.74) is 3.72. The van der Waals surface area contributed by atoms with E-state index in [4.69, 9.17) is 9.47 Å². The molecule has 1 aromatic heterocycles. The maximum absolute atomic E-state index is 13.9. The summed E-state index contributed by atoms with van der Waals surface area (Å²) in [5.74, 6) is 0.115. The highest BCUT2D eigenvalue weighted by atomic mass is 16.5. The molecule has 4 rings (SSSR count). The maximum atomic E-state index is 13.9. The van der Waals surface area contributed by atoms with Gasteiger partial charge in [-0.3, -0.25) is 9.59 Å². The molecule has 2 atom stereocenters. The molecule has 210 valence electrons. The van der Waals surface area contributed by atoms with Gasteiger partial charge < -0.3 is 30.2 Å². The Morgan fingerprint density at radius 2 is 1.65 bits per heavy atom. The number of H-pyrrole nitrogens is 1. The lowest BCUT2D eigenvalue weighted by Crippen LogP contribution is -2.39. The molecule has 8 heteroatoms. The number of fused-ring (bicyclic) bond motifs is 1. The number of aromatic hydroxyl groups is 1. The third-order valence-electron chi connectivity index (χ3n) is 7.05. The van der Waals surface area contributed by atoms with Gasteiger partial charge in [0.1, 0.15) is 22.9 Å². The molecule has 1 heterocycles. The molecule has 0 aliphatic rings. The van der Waals surface area contributed by atoms with Crippen molar-refractivity contribution in [3.63, 3.8) is 0 Å². The second-order valence-electron chi connectivity index (χ2n) is 9.91. The largest absolute Gasteiger partial charge is 0.508 e. The van der Waals surface area contributed by atoms with Crippen molar-refractivity contribution in [2.45, 2.75) is 45.1 Å². The second-order valence-corrected chi connectivity index (χ2v) is 9.91. The highest BCUT2D eigenvalue weighted by Crippen LogP contribution is 2.38. The molecule has 8 nitrogen and oxygen atoms in total.